The molecule has 126 valence electrons. The summed E-state index contributed by atoms with van der Waals surface area (Å²) < 4.78 is 0. The van der Waals surface area contributed by atoms with E-state index in [9.17, 15) is 4.79 Å². The van der Waals surface area contributed by atoms with Gasteiger partial charge in [0, 0.05) is 45.2 Å². The van der Waals surface area contributed by atoms with Crippen molar-refractivity contribution in [2.24, 2.45) is 5.92 Å². The molecule has 1 N–H and O–H groups in total. The SMILES string of the molecule is CCC/C=C/CN1CC[C@@H]2[C@@H](CCC(=O)N2CCCCO)C1. The van der Waals surface area contributed by atoms with Crippen molar-refractivity contribution in [3.63, 3.8) is 0 Å². The summed E-state index contributed by atoms with van der Waals surface area (Å²) in [5.41, 5.74) is 0. The van der Waals surface area contributed by atoms with Crippen molar-refractivity contribution in [1.82, 2.24) is 9.80 Å². The van der Waals surface area contributed by atoms with Crippen LogP contribution in [0, 0.1) is 5.92 Å². The van der Waals surface area contributed by atoms with Gasteiger partial charge in [0.05, 0.1) is 0 Å². The van der Waals surface area contributed by atoms with Gasteiger partial charge in [-0.05, 0) is 38.0 Å². The molecular weight excluding hydrogens is 276 g/mol. The number of aliphatic hydroxyl groups excluding tert-OH is 1. The summed E-state index contributed by atoms with van der Waals surface area (Å²) in [5.74, 6) is 0.968. The maximum atomic E-state index is 12.2. The number of hydrogen-bond acceptors (Lipinski definition) is 3. The molecule has 2 atom stereocenters. The molecule has 2 heterocycles. The lowest BCUT2D eigenvalue weighted by Crippen LogP contribution is -2.56. The van der Waals surface area contributed by atoms with E-state index < -0.39 is 0 Å². The third kappa shape index (κ3) is 4.82. The Morgan fingerprint density at radius 1 is 1.27 bits per heavy atom. The van der Waals surface area contributed by atoms with Gasteiger partial charge in [-0.1, -0.05) is 25.5 Å². The minimum Gasteiger partial charge on any atom is -0.396 e. The number of unbranched alkanes of at least 4 members (excludes halogenated alkanes) is 2. The van der Waals surface area contributed by atoms with Crippen LogP contribution in [0.4, 0.5) is 0 Å². The Morgan fingerprint density at radius 2 is 2.14 bits per heavy atom. The van der Waals surface area contributed by atoms with E-state index in [1.807, 2.05) is 0 Å². The standard InChI is InChI=1S/C18H32N2O2/c1-2-3-4-5-11-19-13-10-17-16(15-19)8-9-18(22)20(17)12-6-7-14-21/h4-5,16-17,21H,2-3,6-15H2,1H3/b5-4+/t16-,17+/m0/s1. The van der Waals surface area contributed by atoms with Crippen molar-refractivity contribution in [2.75, 3.05) is 32.8 Å². The van der Waals surface area contributed by atoms with Gasteiger partial charge >= 0.3 is 0 Å². The third-order valence-electron chi connectivity index (χ3n) is 5.02. The van der Waals surface area contributed by atoms with Crippen LogP contribution < -0.4 is 0 Å². The van der Waals surface area contributed by atoms with Crippen LogP contribution >= 0.6 is 0 Å². The van der Waals surface area contributed by atoms with Gasteiger partial charge in [-0.2, -0.15) is 0 Å². The number of aliphatic hydroxyl groups is 1. The zero-order valence-corrected chi connectivity index (χ0v) is 14.0. The van der Waals surface area contributed by atoms with Crippen LogP contribution in [0.2, 0.25) is 0 Å². The van der Waals surface area contributed by atoms with Crippen LogP contribution in [0.5, 0.6) is 0 Å². The first kappa shape index (κ1) is 17.5. The molecule has 0 spiro atoms. The zero-order chi connectivity index (χ0) is 15.8. The highest BCUT2D eigenvalue weighted by molar-refractivity contribution is 5.77. The van der Waals surface area contributed by atoms with Crippen LogP contribution in [-0.4, -0.2) is 59.6 Å². The molecule has 1 amide bonds. The van der Waals surface area contributed by atoms with Gasteiger partial charge in [0.15, 0.2) is 0 Å². The fourth-order valence-corrected chi connectivity index (χ4v) is 3.78. The number of rotatable bonds is 8. The van der Waals surface area contributed by atoms with Gasteiger partial charge in [0.1, 0.15) is 0 Å². The molecule has 4 nitrogen and oxygen atoms in total. The van der Waals surface area contributed by atoms with Gasteiger partial charge in [0.2, 0.25) is 5.91 Å². The van der Waals surface area contributed by atoms with Crippen LogP contribution in [0.25, 0.3) is 0 Å². The molecule has 0 bridgehead atoms. The van der Waals surface area contributed by atoms with Crippen molar-refractivity contribution in [3.8, 4) is 0 Å². The van der Waals surface area contributed by atoms with Gasteiger partial charge in [0.25, 0.3) is 0 Å². The highest BCUT2D eigenvalue weighted by Gasteiger charge is 2.38. The first-order valence-electron chi connectivity index (χ1n) is 9.04. The lowest BCUT2D eigenvalue weighted by molar-refractivity contribution is -0.141. The van der Waals surface area contributed by atoms with E-state index in [-0.39, 0.29) is 6.61 Å². The molecule has 0 aromatic rings. The second-order valence-corrected chi connectivity index (χ2v) is 6.69. The second kappa shape index (κ2) is 9.31. The second-order valence-electron chi connectivity index (χ2n) is 6.69. The summed E-state index contributed by atoms with van der Waals surface area (Å²) in [5, 5.41) is 8.93. The Morgan fingerprint density at radius 3 is 2.91 bits per heavy atom. The summed E-state index contributed by atoms with van der Waals surface area (Å²) in [6.07, 6.45) is 11.6. The molecule has 0 saturated carbocycles. The maximum absolute atomic E-state index is 12.2. The molecule has 2 fully saturated rings. The number of piperidine rings is 2. The van der Waals surface area contributed by atoms with Crippen LogP contribution in [0.3, 0.4) is 0 Å². The number of carbonyl (C=O) groups excluding carboxylic acids is 1. The van der Waals surface area contributed by atoms with E-state index >= 15 is 0 Å². The molecule has 4 heteroatoms. The van der Waals surface area contributed by atoms with Gasteiger partial charge in [-0.25, -0.2) is 0 Å². The van der Waals surface area contributed by atoms with E-state index in [1.165, 1.54) is 12.8 Å². The van der Waals surface area contributed by atoms with Crippen molar-refractivity contribution >= 4 is 5.91 Å². The number of amides is 1. The first-order chi connectivity index (χ1) is 10.8. The van der Waals surface area contributed by atoms with Gasteiger partial charge < -0.3 is 10.0 Å². The highest BCUT2D eigenvalue weighted by atomic mass is 16.3. The Labute approximate surface area is 135 Å². The third-order valence-corrected chi connectivity index (χ3v) is 5.02. The smallest absolute Gasteiger partial charge is 0.222 e. The van der Waals surface area contributed by atoms with E-state index in [2.05, 4.69) is 28.9 Å². The number of fused-ring (bicyclic) bond motifs is 1. The molecule has 0 aromatic heterocycles. The minimum atomic E-state index is 0.230. The summed E-state index contributed by atoms with van der Waals surface area (Å²) >= 11 is 0. The number of allylic oxidation sites excluding steroid dienone is 1. The maximum Gasteiger partial charge on any atom is 0.222 e. The molecule has 0 aliphatic carbocycles. The van der Waals surface area contributed by atoms with Crippen LogP contribution in [0.15, 0.2) is 12.2 Å². The average Bonchev–Trinajstić information content (AvgIpc) is 2.54. The Kier molecular flexibility index (Phi) is 7.40. The normalized spacial score (nSPS) is 26.6. The topological polar surface area (TPSA) is 43.8 Å². The predicted octanol–water partition coefficient (Wildman–Crippen LogP) is 2.43. The quantitative estimate of drug-likeness (QED) is 0.553. The Balaban J connectivity index is 1.83. The number of likely N-dealkylation sites (tertiary alicyclic amines) is 2. The summed E-state index contributed by atoms with van der Waals surface area (Å²) in [6.45, 7) is 6.55. The summed E-state index contributed by atoms with van der Waals surface area (Å²) in [7, 11) is 0. The van der Waals surface area contributed by atoms with Gasteiger partial charge in [-0.3, -0.25) is 9.69 Å². The lowest BCUT2D eigenvalue weighted by Gasteiger charge is -2.47. The molecule has 2 rings (SSSR count). The summed E-state index contributed by atoms with van der Waals surface area (Å²) in [6, 6.07) is 0.441. The monoisotopic (exact) mass is 308 g/mol. The van der Waals surface area contributed by atoms with Crippen molar-refractivity contribution in [3.05, 3.63) is 12.2 Å². The molecule has 0 unspecified atom stereocenters. The molecule has 2 aliphatic rings. The Bertz CT molecular complexity index is 370. The largest absolute Gasteiger partial charge is 0.396 e. The molecule has 0 aromatic carbocycles. The van der Waals surface area contributed by atoms with Crippen molar-refractivity contribution in [2.45, 2.75) is 57.9 Å². The molecule has 2 aliphatic heterocycles. The van der Waals surface area contributed by atoms with E-state index in [1.54, 1.807) is 0 Å². The first-order valence-corrected chi connectivity index (χ1v) is 9.04. The average molecular weight is 308 g/mol. The minimum absolute atomic E-state index is 0.230. The van der Waals surface area contributed by atoms with Crippen molar-refractivity contribution < 1.29 is 9.90 Å². The molecule has 22 heavy (non-hydrogen) atoms. The fraction of sp³-hybridized carbons (Fsp3) is 0.833. The van der Waals surface area contributed by atoms with E-state index in [4.69, 9.17) is 5.11 Å². The van der Waals surface area contributed by atoms with Crippen molar-refractivity contribution in [1.29, 1.82) is 0 Å². The zero-order valence-electron chi connectivity index (χ0n) is 14.0. The number of nitrogens with zero attached hydrogens (tertiary/aromatic N) is 2. The fourth-order valence-electron chi connectivity index (χ4n) is 3.78. The van der Waals surface area contributed by atoms with E-state index in [0.717, 1.165) is 51.9 Å². The molecular formula is C18H32N2O2. The predicted molar refractivity (Wildman–Crippen MR) is 89.6 cm³/mol. The lowest BCUT2D eigenvalue weighted by atomic mass is 9.83. The van der Waals surface area contributed by atoms with Gasteiger partial charge in [-0.15, -0.1) is 0 Å². The summed E-state index contributed by atoms with van der Waals surface area (Å²) in [4.78, 5) is 16.9. The van der Waals surface area contributed by atoms with Crippen LogP contribution in [-0.2, 0) is 4.79 Å². The Hall–Kier alpha value is -0.870. The highest BCUT2D eigenvalue weighted by Crippen LogP contribution is 2.31. The molecule has 2 saturated heterocycles. The number of carbonyl (C=O) groups is 1. The van der Waals surface area contributed by atoms with Crippen LogP contribution in [0.1, 0.15) is 51.9 Å². The van der Waals surface area contributed by atoms with E-state index in [0.29, 0.717) is 24.3 Å². The molecule has 0 radical (unpaired) electrons. The number of hydrogen-bond donors (Lipinski definition) is 1.